The Morgan fingerprint density at radius 3 is 2.39 bits per heavy atom. The fourth-order valence-electron chi connectivity index (χ4n) is 2.39. The van der Waals surface area contributed by atoms with Gasteiger partial charge in [-0.3, -0.25) is 4.79 Å². The highest BCUT2D eigenvalue weighted by molar-refractivity contribution is 7.89. The summed E-state index contributed by atoms with van der Waals surface area (Å²) in [4.78, 5) is 23.1. The molecule has 1 aliphatic rings. The Bertz CT molecular complexity index is 696. The van der Waals surface area contributed by atoms with Crippen LogP contribution < -0.4 is 5.73 Å². The fraction of sp³-hybridized carbons (Fsp3) is 0.467. The molecule has 0 saturated carbocycles. The topological polar surface area (TPSA) is 107 Å². The number of nitrogens with zero attached hydrogens (tertiary/aromatic N) is 1. The van der Waals surface area contributed by atoms with Gasteiger partial charge in [0, 0.05) is 13.1 Å². The van der Waals surface area contributed by atoms with Gasteiger partial charge in [-0.25, -0.2) is 13.2 Å². The number of piperidine rings is 1. The highest BCUT2D eigenvalue weighted by Crippen LogP contribution is 2.24. The van der Waals surface area contributed by atoms with E-state index in [9.17, 15) is 18.0 Å². The van der Waals surface area contributed by atoms with Gasteiger partial charge >= 0.3 is 5.97 Å². The Hall–Kier alpha value is -1.93. The summed E-state index contributed by atoms with van der Waals surface area (Å²) in [5, 5.41) is 0. The third-order valence-electron chi connectivity index (χ3n) is 3.72. The van der Waals surface area contributed by atoms with Crippen molar-refractivity contribution < 1.29 is 22.7 Å². The van der Waals surface area contributed by atoms with Gasteiger partial charge in [0.2, 0.25) is 10.0 Å². The summed E-state index contributed by atoms with van der Waals surface area (Å²) >= 11 is 0. The molecule has 1 unspecified atom stereocenters. The van der Waals surface area contributed by atoms with Gasteiger partial charge in [0.05, 0.1) is 10.5 Å². The van der Waals surface area contributed by atoms with Crippen molar-refractivity contribution in [2.24, 2.45) is 5.73 Å². The minimum atomic E-state index is -3.78. The van der Waals surface area contributed by atoms with Gasteiger partial charge in [0.25, 0.3) is 5.91 Å². The molecule has 23 heavy (non-hydrogen) atoms. The molecule has 1 amide bonds. The van der Waals surface area contributed by atoms with Gasteiger partial charge in [0.1, 0.15) is 0 Å². The van der Waals surface area contributed by atoms with Gasteiger partial charge in [-0.15, -0.1) is 0 Å². The highest BCUT2D eigenvalue weighted by atomic mass is 32.2. The van der Waals surface area contributed by atoms with Crippen LogP contribution in [0.5, 0.6) is 0 Å². The largest absolute Gasteiger partial charge is 0.449 e. The molecule has 126 valence electrons. The standard InChI is InChI=1S/C15H20N2O5S/c1-11(14(16)18)22-15(19)12-7-3-4-8-13(12)23(20,21)17-9-5-2-6-10-17/h3-4,7-8,11H,2,5-6,9-10H2,1H3,(H2,16,18). The molecule has 1 saturated heterocycles. The predicted octanol–water partition coefficient (Wildman–Crippen LogP) is 0.892. The van der Waals surface area contributed by atoms with E-state index < -0.39 is 28.0 Å². The van der Waals surface area contributed by atoms with E-state index in [1.807, 2.05) is 0 Å². The molecule has 1 aliphatic heterocycles. The summed E-state index contributed by atoms with van der Waals surface area (Å²) < 4.78 is 31.8. The van der Waals surface area contributed by atoms with Crippen molar-refractivity contribution in [3.05, 3.63) is 29.8 Å². The number of ether oxygens (including phenoxy) is 1. The molecule has 8 heteroatoms. The summed E-state index contributed by atoms with van der Waals surface area (Å²) in [7, 11) is -3.78. The minimum Gasteiger partial charge on any atom is -0.449 e. The molecule has 0 aliphatic carbocycles. The van der Waals surface area contributed by atoms with Crippen LogP contribution in [0, 0.1) is 0 Å². The average Bonchev–Trinajstić information content (AvgIpc) is 2.55. The number of amides is 1. The number of hydrogen-bond acceptors (Lipinski definition) is 5. The van der Waals surface area contributed by atoms with Crippen LogP contribution in [0.3, 0.4) is 0 Å². The Labute approximate surface area is 135 Å². The van der Waals surface area contributed by atoms with Crippen LogP contribution in [0.25, 0.3) is 0 Å². The molecule has 0 bridgehead atoms. The first-order chi connectivity index (χ1) is 10.8. The number of rotatable bonds is 5. The lowest BCUT2D eigenvalue weighted by molar-refractivity contribution is -0.125. The maximum Gasteiger partial charge on any atom is 0.340 e. The molecule has 1 atom stereocenters. The Balaban J connectivity index is 2.33. The predicted molar refractivity (Wildman–Crippen MR) is 83.1 cm³/mol. The van der Waals surface area contributed by atoms with Crippen LogP contribution in [-0.4, -0.2) is 43.8 Å². The zero-order valence-corrected chi connectivity index (χ0v) is 13.7. The van der Waals surface area contributed by atoms with Gasteiger partial charge in [-0.1, -0.05) is 18.6 Å². The van der Waals surface area contributed by atoms with Gasteiger partial charge < -0.3 is 10.5 Å². The lowest BCUT2D eigenvalue weighted by Gasteiger charge is -2.26. The summed E-state index contributed by atoms with van der Waals surface area (Å²) in [6.45, 7) is 2.20. The van der Waals surface area contributed by atoms with Crippen LogP contribution in [0.4, 0.5) is 0 Å². The number of primary amides is 1. The molecule has 0 spiro atoms. The van der Waals surface area contributed by atoms with Crippen molar-refractivity contribution in [2.45, 2.75) is 37.2 Å². The van der Waals surface area contributed by atoms with Crippen LogP contribution in [0.15, 0.2) is 29.2 Å². The van der Waals surface area contributed by atoms with Crippen molar-refractivity contribution >= 4 is 21.9 Å². The number of nitrogens with two attached hydrogens (primary N) is 1. The third kappa shape index (κ3) is 3.89. The van der Waals surface area contributed by atoms with Gasteiger partial charge in [0.15, 0.2) is 6.10 Å². The zero-order valence-electron chi connectivity index (χ0n) is 12.9. The first-order valence-corrected chi connectivity index (χ1v) is 8.87. The maximum atomic E-state index is 12.8. The number of carbonyl (C=O) groups is 2. The highest BCUT2D eigenvalue weighted by Gasteiger charge is 2.30. The molecular weight excluding hydrogens is 320 g/mol. The number of sulfonamides is 1. The first-order valence-electron chi connectivity index (χ1n) is 7.43. The SMILES string of the molecule is CC(OC(=O)c1ccccc1S(=O)(=O)N1CCCCC1)C(N)=O. The normalized spacial score (nSPS) is 17.4. The fourth-order valence-corrected chi connectivity index (χ4v) is 4.08. The van der Waals surface area contributed by atoms with E-state index in [1.165, 1.54) is 23.4 Å². The maximum absolute atomic E-state index is 12.8. The van der Waals surface area contributed by atoms with E-state index >= 15 is 0 Å². The second-order valence-corrected chi connectivity index (χ2v) is 7.32. The molecule has 1 heterocycles. The molecule has 1 aromatic carbocycles. The summed E-state index contributed by atoms with van der Waals surface area (Å²) in [5.41, 5.74) is 4.97. The van der Waals surface area contributed by atoms with E-state index in [0.29, 0.717) is 13.1 Å². The van der Waals surface area contributed by atoms with Crippen molar-refractivity contribution in [3.63, 3.8) is 0 Å². The minimum absolute atomic E-state index is 0.0915. The van der Waals surface area contributed by atoms with Crippen molar-refractivity contribution in [1.29, 1.82) is 0 Å². The Morgan fingerprint density at radius 1 is 1.17 bits per heavy atom. The summed E-state index contributed by atoms with van der Waals surface area (Å²) in [6, 6.07) is 5.83. The zero-order chi connectivity index (χ0) is 17.0. The summed E-state index contributed by atoms with van der Waals surface area (Å²) in [5.74, 6) is -1.68. The van der Waals surface area contributed by atoms with E-state index in [-0.39, 0.29) is 10.5 Å². The molecule has 2 N–H and O–H groups in total. The van der Waals surface area contributed by atoms with Crippen molar-refractivity contribution in [1.82, 2.24) is 4.31 Å². The van der Waals surface area contributed by atoms with Crippen LogP contribution in [0.2, 0.25) is 0 Å². The molecular formula is C15H20N2O5S. The third-order valence-corrected chi connectivity index (χ3v) is 5.68. The number of benzene rings is 1. The van der Waals surface area contributed by atoms with Crippen LogP contribution >= 0.6 is 0 Å². The number of carbonyl (C=O) groups excluding carboxylic acids is 2. The van der Waals surface area contributed by atoms with Gasteiger partial charge in [-0.2, -0.15) is 4.31 Å². The van der Waals surface area contributed by atoms with Crippen molar-refractivity contribution in [2.75, 3.05) is 13.1 Å². The number of esters is 1. The second-order valence-electron chi connectivity index (χ2n) is 5.41. The second kappa shape index (κ2) is 7.10. The van der Waals surface area contributed by atoms with E-state index in [0.717, 1.165) is 19.3 Å². The Morgan fingerprint density at radius 2 is 1.78 bits per heavy atom. The molecule has 1 fully saturated rings. The van der Waals surface area contributed by atoms with Crippen LogP contribution in [-0.2, 0) is 19.6 Å². The first kappa shape index (κ1) is 17.4. The lowest BCUT2D eigenvalue weighted by Crippen LogP contribution is -2.36. The molecule has 0 radical (unpaired) electrons. The molecule has 0 aromatic heterocycles. The molecule has 2 rings (SSSR count). The van der Waals surface area contributed by atoms with E-state index in [1.54, 1.807) is 12.1 Å². The number of hydrogen-bond donors (Lipinski definition) is 1. The van der Waals surface area contributed by atoms with Crippen molar-refractivity contribution in [3.8, 4) is 0 Å². The lowest BCUT2D eigenvalue weighted by atomic mass is 10.2. The average molecular weight is 340 g/mol. The summed E-state index contributed by atoms with van der Waals surface area (Å²) in [6.07, 6.45) is 1.45. The van der Waals surface area contributed by atoms with Crippen LogP contribution in [0.1, 0.15) is 36.5 Å². The quantitative estimate of drug-likeness (QED) is 0.801. The smallest absolute Gasteiger partial charge is 0.340 e. The van der Waals surface area contributed by atoms with E-state index in [2.05, 4.69) is 0 Å². The Kier molecular flexibility index (Phi) is 5.38. The molecule has 1 aromatic rings. The van der Waals surface area contributed by atoms with Gasteiger partial charge in [-0.05, 0) is 31.9 Å². The molecule has 7 nitrogen and oxygen atoms in total. The monoisotopic (exact) mass is 340 g/mol. The van der Waals surface area contributed by atoms with E-state index in [4.69, 9.17) is 10.5 Å².